The fourth-order valence-electron chi connectivity index (χ4n) is 2.87. The molecule has 2 atom stereocenters. The van der Waals surface area contributed by atoms with E-state index < -0.39 is 0 Å². The van der Waals surface area contributed by atoms with E-state index in [9.17, 15) is 5.11 Å². The van der Waals surface area contributed by atoms with Crippen molar-refractivity contribution in [2.75, 3.05) is 20.2 Å². The van der Waals surface area contributed by atoms with Gasteiger partial charge in [-0.25, -0.2) is 0 Å². The molecule has 3 heteroatoms. The average molecular weight is 290 g/mol. The van der Waals surface area contributed by atoms with Crippen molar-refractivity contribution in [3.63, 3.8) is 0 Å². The van der Waals surface area contributed by atoms with Gasteiger partial charge in [0, 0.05) is 24.2 Å². The molecule has 2 rings (SSSR count). The summed E-state index contributed by atoms with van der Waals surface area (Å²) in [6.07, 6.45) is 4.57. The van der Waals surface area contributed by atoms with Crippen molar-refractivity contribution in [2.45, 2.75) is 57.2 Å². The Morgan fingerprint density at radius 1 is 1.33 bits per heavy atom. The van der Waals surface area contributed by atoms with Crippen LogP contribution in [0, 0.1) is 0 Å². The molecule has 2 unspecified atom stereocenters. The molecule has 118 valence electrons. The van der Waals surface area contributed by atoms with Gasteiger partial charge in [-0.2, -0.15) is 0 Å². The largest absolute Gasteiger partial charge is 0.394 e. The predicted octanol–water partition coefficient (Wildman–Crippen LogP) is 2.44. The normalized spacial score (nSPS) is 19.5. The van der Waals surface area contributed by atoms with Crippen molar-refractivity contribution in [2.24, 2.45) is 0 Å². The third kappa shape index (κ3) is 5.42. The van der Waals surface area contributed by atoms with Gasteiger partial charge >= 0.3 is 0 Å². The fourth-order valence-corrected chi connectivity index (χ4v) is 2.87. The molecular formula is C18H30N2O. The van der Waals surface area contributed by atoms with Crippen LogP contribution in [0.25, 0.3) is 0 Å². The Labute approximate surface area is 129 Å². The number of nitrogens with one attached hydrogen (secondary N) is 1. The molecule has 0 bridgehead atoms. The SMILES string of the molecule is CC(CC(C)(CO)NC1CC1)N(C)CCc1ccccc1. The summed E-state index contributed by atoms with van der Waals surface area (Å²) in [6, 6.07) is 11.7. The Morgan fingerprint density at radius 2 is 2.00 bits per heavy atom. The summed E-state index contributed by atoms with van der Waals surface area (Å²) >= 11 is 0. The Balaban J connectivity index is 1.79. The lowest BCUT2D eigenvalue weighted by Gasteiger charge is -2.35. The van der Waals surface area contributed by atoms with Crippen LogP contribution in [0.5, 0.6) is 0 Å². The summed E-state index contributed by atoms with van der Waals surface area (Å²) in [5, 5.41) is 13.3. The first-order valence-corrected chi connectivity index (χ1v) is 8.15. The number of aliphatic hydroxyl groups is 1. The van der Waals surface area contributed by atoms with Crippen LogP contribution in [0.15, 0.2) is 30.3 Å². The molecule has 0 heterocycles. The van der Waals surface area contributed by atoms with Gasteiger partial charge in [-0.15, -0.1) is 0 Å². The zero-order chi connectivity index (χ0) is 15.3. The van der Waals surface area contributed by atoms with Crippen LogP contribution in [-0.4, -0.2) is 47.8 Å². The quantitative estimate of drug-likeness (QED) is 0.733. The molecule has 0 aliphatic heterocycles. The molecule has 0 spiro atoms. The van der Waals surface area contributed by atoms with E-state index >= 15 is 0 Å². The lowest BCUT2D eigenvalue weighted by atomic mass is 9.93. The fraction of sp³-hybridized carbons (Fsp3) is 0.667. The van der Waals surface area contributed by atoms with Crippen LogP contribution in [0.3, 0.4) is 0 Å². The molecule has 0 radical (unpaired) electrons. The minimum absolute atomic E-state index is 0.151. The maximum absolute atomic E-state index is 9.72. The monoisotopic (exact) mass is 290 g/mol. The molecule has 21 heavy (non-hydrogen) atoms. The maximum Gasteiger partial charge on any atom is 0.0611 e. The number of likely N-dealkylation sites (N-methyl/N-ethyl adjacent to an activating group) is 1. The zero-order valence-corrected chi connectivity index (χ0v) is 13.7. The van der Waals surface area contributed by atoms with E-state index in [4.69, 9.17) is 0 Å². The Hall–Kier alpha value is -0.900. The van der Waals surface area contributed by atoms with E-state index in [1.165, 1.54) is 18.4 Å². The van der Waals surface area contributed by atoms with Crippen molar-refractivity contribution in [3.8, 4) is 0 Å². The van der Waals surface area contributed by atoms with Crippen LogP contribution in [0.2, 0.25) is 0 Å². The third-order valence-electron chi connectivity index (χ3n) is 4.57. The van der Waals surface area contributed by atoms with Crippen molar-refractivity contribution in [1.82, 2.24) is 10.2 Å². The van der Waals surface area contributed by atoms with Crippen molar-refractivity contribution in [3.05, 3.63) is 35.9 Å². The first-order chi connectivity index (χ1) is 10.0. The summed E-state index contributed by atoms with van der Waals surface area (Å²) in [5.41, 5.74) is 1.24. The molecule has 1 aliphatic carbocycles. The van der Waals surface area contributed by atoms with Crippen molar-refractivity contribution < 1.29 is 5.11 Å². The van der Waals surface area contributed by atoms with Gasteiger partial charge in [0.2, 0.25) is 0 Å². The zero-order valence-electron chi connectivity index (χ0n) is 13.7. The van der Waals surface area contributed by atoms with Crippen LogP contribution >= 0.6 is 0 Å². The van der Waals surface area contributed by atoms with Gasteiger partial charge in [-0.1, -0.05) is 30.3 Å². The topological polar surface area (TPSA) is 35.5 Å². The van der Waals surface area contributed by atoms with Crippen molar-refractivity contribution >= 4 is 0 Å². The Bertz CT molecular complexity index is 418. The molecule has 1 aromatic carbocycles. The van der Waals surface area contributed by atoms with Gasteiger partial charge in [-0.05, 0) is 52.1 Å². The number of nitrogens with zero attached hydrogens (tertiary/aromatic N) is 1. The number of aliphatic hydroxyl groups excluding tert-OH is 1. The summed E-state index contributed by atoms with van der Waals surface area (Å²) < 4.78 is 0. The molecule has 1 aromatic rings. The van der Waals surface area contributed by atoms with Gasteiger partial charge in [0.1, 0.15) is 0 Å². The minimum atomic E-state index is -0.151. The van der Waals surface area contributed by atoms with Gasteiger partial charge in [0.25, 0.3) is 0 Å². The molecule has 0 saturated heterocycles. The minimum Gasteiger partial charge on any atom is -0.394 e. The number of benzene rings is 1. The number of rotatable bonds is 9. The highest BCUT2D eigenvalue weighted by Gasteiger charge is 2.33. The second kappa shape index (κ2) is 7.39. The number of hydrogen-bond donors (Lipinski definition) is 2. The average Bonchev–Trinajstić information content (AvgIpc) is 3.29. The molecular weight excluding hydrogens is 260 g/mol. The van der Waals surface area contributed by atoms with Crippen LogP contribution in [-0.2, 0) is 6.42 Å². The second-order valence-electron chi connectivity index (χ2n) is 6.91. The third-order valence-corrected chi connectivity index (χ3v) is 4.57. The molecule has 1 fully saturated rings. The molecule has 3 nitrogen and oxygen atoms in total. The highest BCUT2D eigenvalue weighted by Crippen LogP contribution is 2.25. The van der Waals surface area contributed by atoms with Crippen LogP contribution in [0.4, 0.5) is 0 Å². The summed E-state index contributed by atoms with van der Waals surface area (Å²) in [6.45, 7) is 5.66. The first kappa shape index (κ1) is 16.5. The van der Waals surface area contributed by atoms with E-state index in [1.54, 1.807) is 0 Å². The molecule has 1 saturated carbocycles. The van der Waals surface area contributed by atoms with Gasteiger partial charge in [0.15, 0.2) is 0 Å². The standard InChI is InChI=1S/C18H30N2O/c1-15(13-18(2,14-21)19-17-9-10-17)20(3)12-11-16-7-5-4-6-8-16/h4-8,15,17,19,21H,9-14H2,1-3H3. The molecule has 0 aromatic heterocycles. The van der Waals surface area contributed by atoms with Crippen LogP contribution < -0.4 is 5.32 Å². The van der Waals surface area contributed by atoms with Crippen LogP contribution in [0.1, 0.15) is 38.7 Å². The summed E-state index contributed by atoms with van der Waals surface area (Å²) in [7, 11) is 2.18. The van der Waals surface area contributed by atoms with E-state index in [1.807, 2.05) is 0 Å². The Morgan fingerprint density at radius 3 is 2.57 bits per heavy atom. The Kier molecular flexibility index (Phi) is 5.80. The van der Waals surface area contributed by atoms with Crippen molar-refractivity contribution in [1.29, 1.82) is 0 Å². The van der Waals surface area contributed by atoms with Gasteiger partial charge in [0.05, 0.1) is 6.61 Å². The lowest BCUT2D eigenvalue weighted by molar-refractivity contribution is 0.125. The molecule has 2 N–H and O–H groups in total. The van der Waals surface area contributed by atoms with Gasteiger partial charge < -0.3 is 15.3 Å². The summed E-state index contributed by atoms with van der Waals surface area (Å²) in [4.78, 5) is 2.40. The predicted molar refractivity (Wildman–Crippen MR) is 88.5 cm³/mol. The highest BCUT2D eigenvalue weighted by atomic mass is 16.3. The maximum atomic E-state index is 9.72. The summed E-state index contributed by atoms with van der Waals surface area (Å²) in [5.74, 6) is 0. The second-order valence-corrected chi connectivity index (χ2v) is 6.91. The smallest absolute Gasteiger partial charge is 0.0611 e. The van der Waals surface area contributed by atoms with E-state index in [-0.39, 0.29) is 12.1 Å². The van der Waals surface area contributed by atoms with E-state index in [0.29, 0.717) is 12.1 Å². The van der Waals surface area contributed by atoms with Gasteiger partial charge in [-0.3, -0.25) is 0 Å². The van der Waals surface area contributed by atoms with E-state index in [2.05, 4.69) is 61.4 Å². The first-order valence-electron chi connectivity index (χ1n) is 8.15. The molecule has 1 aliphatic rings. The lowest BCUT2D eigenvalue weighted by Crippen LogP contribution is -2.51. The highest BCUT2D eigenvalue weighted by molar-refractivity contribution is 5.14. The number of hydrogen-bond acceptors (Lipinski definition) is 3. The molecule has 0 amide bonds. The van der Waals surface area contributed by atoms with E-state index in [0.717, 1.165) is 19.4 Å².